The number of hydrogen-bond donors (Lipinski definition) is 0. The molecule has 0 aliphatic carbocycles. The number of morpholine rings is 1. The Hall–Kier alpha value is -2.70. The fourth-order valence-electron chi connectivity index (χ4n) is 3.48. The largest absolute Gasteiger partial charge is 0.379 e. The lowest BCUT2D eigenvalue weighted by Gasteiger charge is -2.26. The van der Waals surface area contributed by atoms with Gasteiger partial charge < -0.3 is 9.64 Å². The van der Waals surface area contributed by atoms with E-state index in [0.29, 0.717) is 6.54 Å². The van der Waals surface area contributed by atoms with Crippen molar-refractivity contribution in [1.82, 2.24) is 19.7 Å². The van der Waals surface area contributed by atoms with Crippen LogP contribution >= 0.6 is 0 Å². The number of benzene rings is 2. The van der Waals surface area contributed by atoms with Crippen molar-refractivity contribution in [1.29, 1.82) is 0 Å². The highest BCUT2D eigenvalue weighted by Gasteiger charge is 2.15. The SMILES string of the molecule is CN(C)c1nc(-c2cccc(CN3CCOCC3)c2)nn1Cc1ccccc1. The predicted molar refractivity (Wildman–Crippen MR) is 111 cm³/mol. The average Bonchev–Trinajstić information content (AvgIpc) is 3.14. The quantitative estimate of drug-likeness (QED) is 0.661. The Labute approximate surface area is 166 Å². The maximum atomic E-state index is 5.45. The zero-order chi connectivity index (χ0) is 19.3. The van der Waals surface area contributed by atoms with E-state index in [9.17, 15) is 0 Å². The van der Waals surface area contributed by atoms with Crippen LogP contribution in [0, 0.1) is 0 Å². The third-order valence-corrected chi connectivity index (χ3v) is 4.92. The van der Waals surface area contributed by atoms with Gasteiger partial charge in [0, 0.05) is 39.3 Å². The molecule has 0 amide bonds. The van der Waals surface area contributed by atoms with Gasteiger partial charge in [0.15, 0.2) is 5.82 Å². The average molecular weight is 377 g/mol. The lowest BCUT2D eigenvalue weighted by Crippen LogP contribution is -2.35. The molecule has 1 aliphatic heterocycles. The van der Waals surface area contributed by atoms with Crippen molar-refractivity contribution in [3.8, 4) is 11.4 Å². The van der Waals surface area contributed by atoms with Gasteiger partial charge in [0.25, 0.3) is 0 Å². The van der Waals surface area contributed by atoms with Crippen LogP contribution in [0.15, 0.2) is 54.6 Å². The molecule has 0 N–H and O–H groups in total. The summed E-state index contributed by atoms with van der Waals surface area (Å²) in [5.41, 5.74) is 3.55. The molecule has 1 aromatic heterocycles. The van der Waals surface area contributed by atoms with Crippen molar-refractivity contribution in [2.24, 2.45) is 0 Å². The fraction of sp³-hybridized carbons (Fsp3) is 0.364. The van der Waals surface area contributed by atoms with E-state index in [0.717, 1.165) is 50.2 Å². The molecule has 0 radical (unpaired) electrons. The van der Waals surface area contributed by atoms with E-state index < -0.39 is 0 Å². The van der Waals surface area contributed by atoms with Crippen molar-refractivity contribution in [2.45, 2.75) is 13.1 Å². The molecule has 0 saturated carbocycles. The first kappa shape index (κ1) is 18.7. The Balaban J connectivity index is 1.58. The zero-order valence-electron chi connectivity index (χ0n) is 16.6. The second-order valence-corrected chi connectivity index (χ2v) is 7.36. The third kappa shape index (κ3) is 4.40. The third-order valence-electron chi connectivity index (χ3n) is 4.92. The molecule has 3 aromatic rings. The minimum atomic E-state index is 0.703. The van der Waals surface area contributed by atoms with Gasteiger partial charge in [-0.3, -0.25) is 4.90 Å². The van der Waals surface area contributed by atoms with Gasteiger partial charge in [0.1, 0.15) is 0 Å². The first-order valence-electron chi connectivity index (χ1n) is 9.74. The molecular weight excluding hydrogens is 350 g/mol. The van der Waals surface area contributed by atoms with Crippen molar-refractivity contribution in [3.63, 3.8) is 0 Å². The van der Waals surface area contributed by atoms with Crippen molar-refractivity contribution in [3.05, 3.63) is 65.7 Å². The summed E-state index contributed by atoms with van der Waals surface area (Å²) in [7, 11) is 4.01. The minimum Gasteiger partial charge on any atom is -0.379 e. The second kappa shape index (κ2) is 8.54. The Morgan fingerprint density at radius 3 is 2.43 bits per heavy atom. The monoisotopic (exact) mass is 377 g/mol. The second-order valence-electron chi connectivity index (χ2n) is 7.36. The summed E-state index contributed by atoms with van der Waals surface area (Å²) in [5.74, 6) is 1.63. The van der Waals surface area contributed by atoms with Crippen LogP contribution in [0.1, 0.15) is 11.1 Å². The maximum Gasteiger partial charge on any atom is 0.224 e. The molecule has 2 heterocycles. The van der Waals surface area contributed by atoms with Gasteiger partial charge in [-0.2, -0.15) is 4.98 Å². The van der Waals surface area contributed by atoms with Crippen LogP contribution in [0.2, 0.25) is 0 Å². The van der Waals surface area contributed by atoms with Crippen LogP contribution in [-0.4, -0.2) is 60.1 Å². The van der Waals surface area contributed by atoms with Crippen LogP contribution in [0.5, 0.6) is 0 Å². The molecule has 0 atom stereocenters. The van der Waals surface area contributed by atoms with E-state index in [-0.39, 0.29) is 0 Å². The molecule has 1 fully saturated rings. The maximum absolute atomic E-state index is 5.45. The van der Waals surface area contributed by atoms with Crippen LogP contribution in [0.3, 0.4) is 0 Å². The smallest absolute Gasteiger partial charge is 0.224 e. The molecule has 0 spiro atoms. The van der Waals surface area contributed by atoms with E-state index in [1.807, 2.05) is 29.7 Å². The number of nitrogens with zero attached hydrogens (tertiary/aromatic N) is 5. The van der Waals surface area contributed by atoms with Crippen LogP contribution < -0.4 is 4.90 Å². The Bertz CT molecular complexity index is 900. The van der Waals surface area contributed by atoms with E-state index in [4.69, 9.17) is 14.8 Å². The first-order valence-corrected chi connectivity index (χ1v) is 9.74. The Morgan fingerprint density at radius 1 is 0.929 bits per heavy atom. The Kier molecular flexibility index (Phi) is 5.69. The normalized spacial score (nSPS) is 14.9. The Morgan fingerprint density at radius 2 is 1.68 bits per heavy atom. The summed E-state index contributed by atoms with van der Waals surface area (Å²) in [4.78, 5) is 9.25. The zero-order valence-corrected chi connectivity index (χ0v) is 16.6. The van der Waals surface area contributed by atoms with Gasteiger partial charge >= 0.3 is 0 Å². The molecule has 1 aliphatic rings. The lowest BCUT2D eigenvalue weighted by molar-refractivity contribution is 0.0342. The van der Waals surface area contributed by atoms with Gasteiger partial charge in [-0.25, -0.2) is 4.68 Å². The predicted octanol–water partition coefficient (Wildman–Crippen LogP) is 2.89. The van der Waals surface area contributed by atoms with Crippen LogP contribution in [0.4, 0.5) is 5.95 Å². The van der Waals surface area contributed by atoms with Gasteiger partial charge in [0.2, 0.25) is 5.95 Å². The number of rotatable bonds is 6. The van der Waals surface area contributed by atoms with E-state index in [2.05, 4.69) is 53.4 Å². The summed E-state index contributed by atoms with van der Waals surface area (Å²) in [5, 5.41) is 4.82. The molecule has 28 heavy (non-hydrogen) atoms. The van der Waals surface area contributed by atoms with E-state index in [1.165, 1.54) is 11.1 Å². The standard InChI is InChI=1S/C22H27N5O/c1-25(2)22-23-21(24-27(22)17-18-7-4-3-5-8-18)20-10-6-9-19(15-20)16-26-11-13-28-14-12-26/h3-10,15H,11-14,16-17H2,1-2H3. The summed E-state index contributed by atoms with van der Waals surface area (Å²) < 4.78 is 7.42. The summed E-state index contributed by atoms with van der Waals surface area (Å²) in [6, 6.07) is 18.9. The van der Waals surface area contributed by atoms with Crippen LogP contribution in [0.25, 0.3) is 11.4 Å². The van der Waals surface area contributed by atoms with Crippen molar-refractivity contribution < 1.29 is 4.74 Å². The van der Waals surface area contributed by atoms with Gasteiger partial charge in [-0.1, -0.05) is 48.5 Å². The topological polar surface area (TPSA) is 46.4 Å². The van der Waals surface area contributed by atoms with Crippen molar-refractivity contribution >= 4 is 5.95 Å². The summed E-state index contributed by atoms with van der Waals surface area (Å²) in [6.07, 6.45) is 0. The van der Waals surface area contributed by atoms with E-state index in [1.54, 1.807) is 0 Å². The lowest BCUT2D eigenvalue weighted by atomic mass is 10.1. The molecule has 6 nitrogen and oxygen atoms in total. The highest BCUT2D eigenvalue weighted by atomic mass is 16.5. The van der Waals surface area contributed by atoms with E-state index >= 15 is 0 Å². The molecule has 6 heteroatoms. The molecule has 0 bridgehead atoms. The first-order chi connectivity index (χ1) is 13.7. The minimum absolute atomic E-state index is 0.703. The highest BCUT2D eigenvalue weighted by molar-refractivity contribution is 5.57. The number of hydrogen-bond acceptors (Lipinski definition) is 5. The number of aromatic nitrogens is 3. The number of ether oxygens (including phenoxy) is 1. The van der Waals surface area contributed by atoms with Gasteiger partial charge in [0.05, 0.1) is 19.8 Å². The van der Waals surface area contributed by atoms with Gasteiger partial charge in [-0.15, -0.1) is 5.10 Å². The molecule has 0 unspecified atom stereocenters. The van der Waals surface area contributed by atoms with Crippen LogP contribution in [-0.2, 0) is 17.8 Å². The molecule has 146 valence electrons. The molecular formula is C22H27N5O. The van der Waals surface area contributed by atoms with Gasteiger partial charge in [-0.05, 0) is 17.2 Å². The fourth-order valence-corrected chi connectivity index (χ4v) is 3.48. The molecule has 1 saturated heterocycles. The summed E-state index contributed by atoms with van der Waals surface area (Å²) in [6.45, 7) is 5.24. The summed E-state index contributed by atoms with van der Waals surface area (Å²) >= 11 is 0. The molecule has 4 rings (SSSR count). The highest BCUT2D eigenvalue weighted by Crippen LogP contribution is 2.22. The van der Waals surface area contributed by atoms with Crippen molar-refractivity contribution in [2.75, 3.05) is 45.3 Å². The molecule has 2 aromatic carbocycles. The number of anilines is 1.